The van der Waals surface area contributed by atoms with E-state index in [2.05, 4.69) is 14.9 Å². The van der Waals surface area contributed by atoms with Crippen molar-refractivity contribution >= 4 is 11.3 Å². The lowest BCUT2D eigenvalue weighted by Crippen LogP contribution is -2.30. The van der Waals surface area contributed by atoms with Gasteiger partial charge in [-0.2, -0.15) is 0 Å². The van der Waals surface area contributed by atoms with Crippen molar-refractivity contribution in [2.24, 2.45) is 0 Å². The van der Waals surface area contributed by atoms with E-state index < -0.39 is 0 Å². The number of hydrogen-bond donors (Lipinski definition) is 0. The number of fused-ring (bicyclic) bond motifs is 1. The van der Waals surface area contributed by atoms with Crippen LogP contribution in [0.4, 0.5) is 4.39 Å². The van der Waals surface area contributed by atoms with Gasteiger partial charge < -0.3 is 0 Å². The van der Waals surface area contributed by atoms with Crippen molar-refractivity contribution in [2.45, 2.75) is 38.3 Å². The third-order valence-corrected chi connectivity index (χ3v) is 6.03. The maximum Gasteiger partial charge on any atom is 0.131 e. The van der Waals surface area contributed by atoms with Crippen LogP contribution in [0.3, 0.4) is 0 Å². The van der Waals surface area contributed by atoms with Gasteiger partial charge in [-0.25, -0.2) is 19.3 Å². The van der Waals surface area contributed by atoms with Gasteiger partial charge in [0, 0.05) is 66.1 Å². The summed E-state index contributed by atoms with van der Waals surface area (Å²) >= 11 is 1.67. The Morgan fingerprint density at radius 3 is 2.77 bits per heavy atom. The maximum absolute atomic E-state index is 13.1. The smallest absolute Gasteiger partial charge is 0.131 e. The number of rotatable bonds is 4. The summed E-state index contributed by atoms with van der Waals surface area (Å²) < 4.78 is 13.1. The zero-order chi connectivity index (χ0) is 17.5. The topological polar surface area (TPSA) is 41.9 Å². The van der Waals surface area contributed by atoms with Gasteiger partial charge in [-0.15, -0.1) is 11.3 Å². The molecule has 5 rings (SSSR count). The van der Waals surface area contributed by atoms with Gasteiger partial charge in [0.05, 0.1) is 0 Å². The summed E-state index contributed by atoms with van der Waals surface area (Å²) in [6, 6.07) is 6.52. The lowest BCUT2D eigenvalue weighted by Gasteiger charge is -2.27. The van der Waals surface area contributed by atoms with Crippen molar-refractivity contribution in [3.63, 3.8) is 0 Å². The average Bonchev–Trinajstić information content (AvgIpc) is 3.41. The number of hydrogen-bond acceptors (Lipinski definition) is 5. The van der Waals surface area contributed by atoms with E-state index in [0.29, 0.717) is 5.92 Å². The van der Waals surface area contributed by atoms with Gasteiger partial charge in [0.1, 0.15) is 16.6 Å². The zero-order valence-electron chi connectivity index (χ0n) is 14.4. The average molecular weight is 366 g/mol. The van der Waals surface area contributed by atoms with E-state index in [9.17, 15) is 4.39 Å². The van der Waals surface area contributed by atoms with Gasteiger partial charge in [-0.05, 0) is 37.1 Å². The number of halogens is 1. The van der Waals surface area contributed by atoms with E-state index in [1.165, 1.54) is 41.1 Å². The molecule has 1 fully saturated rings. The Morgan fingerprint density at radius 2 is 1.96 bits per heavy atom. The summed E-state index contributed by atoms with van der Waals surface area (Å²) in [6.07, 6.45) is 7.44. The quantitative estimate of drug-likeness (QED) is 0.695. The molecule has 2 aromatic heterocycles. The van der Waals surface area contributed by atoms with Crippen molar-refractivity contribution < 1.29 is 4.39 Å². The molecule has 1 aromatic carbocycles. The third kappa shape index (κ3) is 3.27. The van der Waals surface area contributed by atoms with Crippen LogP contribution in [0.15, 0.2) is 36.7 Å². The van der Waals surface area contributed by atoms with Crippen molar-refractivity contribution in [2.75, 3.05) is 6.54 Å². The predicted molar refractivity (Wildman–Crippen MR) is 99.3 cm³/mol. The Morgan fingerprint density at radius 1 is 1.12 bits per heavy atom. The highest BCUT2D eigenvalue weighted by atomic mass is 32.1. The van der Waals surface area contributed by atoms with Crippen molar-refractivity contribution in [3.8, 4) is 10.6 Å². The van der Waals surface area contributed by atoms with Crippen LogP contribution in [0.5, 0.6) is 0 Å². The molecule has 0 amide bonds. The van der Waals surface area contributed by atoms with Crippen LogP contribution < -0.4 is 0 Å². The van der Waals surface area contributed by atoms with Gasteiger partial charge in [0.15, 0.2) is 0 Å². The highest BCUT2D eigenvalue weighted by molar-refractivity contribution is 7.15. The molecule has 132 valence electrons. The number of thiazole rings is 1. The fourth-order valence-corrected chi connectivity index (χ4v) is 4.35. The first-order valence-corrected chi connectivity index (χ1v) is 9.84. The van der Waals surface area contributed by atoms with Crippen LogP contribution in [0.25, 0.3) is 10.6 Å². The molecule has 0 unspecified atom stereocenters. The molecule has 1 aliphatic carbocycles. The summed E-state index contributed by atoms with van der Waals surface area (Å²) in [5.41, 5.74) is 3.45. The Bertz CT molecular complexity index is 933. The van der Waals surface area contributed by atoms with Gasteiger partial charge in [0.2, 0.25) is 0 Å². The first-order chi connectivity index (χ1) is 12.7. The van der Waals surface area contributed by atoms with Crippen LogP contribution in [0, 0.1) is 5.82 Å². The lowest BCUT2D eigenvalue weighted by atomic mass is 10.1. The molecule has 0 bridgehead atoms. The number of benzene rings is 1. The van der Waals surface area contributed by atoms with Crippen LogP contribution in [-0.4, -0.2) is 26.4 Å². The van der Waals surface area contributed by atoms with Crippen LogP contribution in [0.2, 0.25) is 0 Å². The molecular formula is C20H19FN4S. The summed E-state index contributed by atoms with van der Waals surface area (Å²) in [4.78, 5) is 17.5. The summed E-state index contributed by atoms with van der Waals surface area (Å²) in [5.74, 6) is 1.44. The lowest BCUT2D eigenvalue weighted by molar-refractivity contribution is 0.244. The third-order valence-electron chi connectivity index (χ3n) is 5.00. The SMILES string of the molecule is Fc1ccc(-c2ncc(CN3CCc4nc(C5CC5)ncc4C3)s2)cc1. The van der Waals surface area contributed by atoms with Gasteiger partial charge >= 0.3 is 0 Å². The Labute approximate surface area is 155 Å². The Kier molecular flexibility index (Phi) is 4.02. The van der Waals surface area contributed by atoms with Gasteiger partial charge in [0.25, 0.3) is 0 Å². The molecule has 0 spiro atoms. The van der Waals surface area contributed by atoms with Crippen molar-refractivity contribution in [3.05, 3.63) is 64.4 Å². The maximum atomic E-state index is 13.1. The van der Waals surface area contributed by atoms with Crippen LogP contribution >= 0.6 is 11.3 Å². The minimum Gasteiger partial charge on any atom is -0.293 e. The van der Waals surface area contributed by atoms with Crippen LogP contribution in [-0.2, 0) is 19.5 Å². The summed E-state index contributed by atoms with van der Waals surface area (Å²) in [6.45, 7) is 2.78. The predicted octanol–water partition coefficient (Wildman–Crippen LogP) is 4.17. The minimum absolute atomic E-state index is 0.218. The minimum atomic E-state index is -0.218. The molecule has 6 heteroatoms. The van der Waals surface area contributed by atoms with E-state index in [0.717, 1.165) is 42.5 Å². The first kappa shape index (κ1) is 16.0. The second-order valence-electron chi connectivity index (χ2n) is 7.07. The van der Waals surface area contributed by atoms with E-state index in [1.807, 2.05) is 12.4 Å². The molecular weight excluding hydrogens is 347 g/mol. The Hall–Kier alpha value is -2.18. The highest BCUT2D eigenvalue weighted by Crippen LogP contribution is 2.38. The van der Waals surface area contributed by atoms with E-state index in [4.69, 9.17) is 4.98 Å². The van der Waals surface area contributed by atoms with E-state index in [1.54, 1.807) is 23.5 Å². The molecule has 4 nitrogen and oxygen atoms in total. The molecule has 26 heavy (non-hydrogen) atoms. The molecule has 1 aliphatic heterocycles. The largest absolute Gasteiger partial charge is 0.293 e. The molecule has 3 aromatic rings. The van der Waals surface area contributed by atoms with E-state index >= 15 is 0 Å². The first-order valence-electron chi connectivity index (χ1n) is 9.02. The van der Waals surface area contributed by atoms with Gasteiger partial charge in [-0.1, -0.05) is 0 Å². The van der Waals surface area contributed by atoms with Gasteiger partial charge in [-0.3, -0.25) is 4.90 Å². The second kappa shape index (κ2) is 6.52. The fraction of sp³-hybridized carbons (Fsp3) is 0.350. The molecule has 0 radical (unpaired) electrons. The molecule has 3 heterocycles. The Balaban J connectivity index is 1.28. The number of nitrogens with zero attached hydrogens (tertiary/aromatic N) is 4. The van der Waals surface area contributed by atoms with Crippen molar-refractivity contribution in [1.82, 2.24) is 19.9 Å². The summed E-state index contributed by atoms with van der Waals surface area (Å²) in [7, 11) is 0. The molecule has 0 N–H and O–H groups in total. The number of aromatic nitrogens is 3. The fourth-order valence-electron chi connectivity index (χ4n) is 3.39. The van der Waals surface area contributed by atoms with Crippen LogP contribution in [0.1, 0.15) is 40.7 Å². The van der Waals surface area contributed by atoms with E-state index in [-0.39, 0.29) is 5.82 Å². The molecule has 0 saturated heterocycles. The van der Waals surface area contributed by atoms with Crippen molar-refractivity contribution in [1.29, 1.82) is 0 Å². The molecule has 1 saturated carbocycles. The summed E-state index contributed by atoms with van der Waals surface area (Å²) in [5, 5.41) is 0.940. The monoisotopic (exact) mass is 366 g/mol. The standard InChI is InChI=1S/C20H19FN4S/c21-16-5-3-14(4-6-16)20-23-10-17(26-20)12-25-8-7-18-15(11-25)9-22-19(24-18)13-1-2-13/h3-6,9-10,13H,1-2,7-8,11-12H2. The highest BCUT2D eigenvalue weighted by Gasteiger charge is 2.28. The normalized spacial score (nSPS) is 17.3. The molecule has 2 aliphatic rings. The zero-order valence-corrected chi connectivity index (χ0v) is 15.2. The second-order valence-corrected chi connectivity index (χ2v) is 8.19. The molecule has 0 atom stereocenters.